The molecule has 3 aromatic carbocycles. The maximum atomic E-state index is 13.9. The van der Waals surface area contributed by atoms with Gasteiger partial charge in [-0.2, -0.15) is 5.10 Å². The highest BCUT2D eigenvalue weighted by atomic mass is 32.2. The lowest BCUT2D eigenvalue weighted by Crippen LogP contribution is -2.51. The molecule has 0 radical (unpaired) electrons. The minimum atomic E-state index is -1.07. The number of thioether (sulfide) groups is 2. The van der Waals surface area contributed by atoms with Crippen molar-refractivity contribution < 1.29 is 14.3 Å². The molecule has 3 aromatic rings. The maximum Gasteiger partial charge on any atom is 0.365 e. The van der Waals surface area contributed by atoms with Gasteiger partial charge >= 0.3 is 5.97 Å². The predicted molar refractivity (Wildman–Crippen MR) is 144 cm³/mol. The van der Waals surface area contributed by atoms with E-state index in [1.54, 1.807) is 16.8 Å². The molecule has 2 aliphatic heterocycles. The Labute approximate surface area is 212 Å². The van der Waals surface area contributed by atoms with E-state index in [0.717, 1.165) is 16.8 Å². The number of hydrazone groups is 1. The molecule has 2 aliphatic rings. The Morgan fingerprint density at radius 1 is 0.943 bits per heavy atom. The van der Waals surface area contributed by atoms with Gasteiger partial charge in [0.15, 0.2) is 0 Å². The Balaban J connectivity index is 1.67. The molecule has 0 aliphatic carbocycles. The second-order valence-corrected chi connectivity index (χ2v) is 10.6. The van der Waals surface area contributed by atoms with Crippen LogP contribution in [0.5, 0.6) is 0 Å². The minimum Gasteiger partial charge on any atom is -0.461 e. The number of carbonyl (C=O) groups is 2. The first-order valence-electron chi connectivity index (χ1n) is 11.2. The highest BCUT2D eigenvalue weighted by molar-refractivity contribution is 8.29. The van der Waals surface area contributed by atoms with Crippen LogP contribution in [0.25, 0.3) is 6.08 Å². The van der Waals surface area contributed by atoms with Gasteiger partial charge in [-0.1, -0.05) is 78.0 Å². The number of para-hydroxylation sites is 1. The maximum absolute atomic E-state index is 13.9. The van der Waals surface area contributed by atoms with Gasteiger partial charge in [-0.25, -0.2) is 9.80 Å². The quantitative estimate of drug-likeness (QED) is 0.323. The normalized spacial score (nSPS) is 20.6. The van der Waals surface area contributed by atoms with Gasteiger partial charge in [0, 0.05) is 5.69 Å². The third-order valence-corrected chi connectivity index (χ3v) is 8.16. The second-order valence-electron chi connectivity index (χ2n) is 7.92. The van der Waals surface area contributed by atoms with E-state index < -0.39 is 10.3 Å². The molecule has 176 valence electrons. The highest BCUT2D eigenvalue weighted by Crippen LogP contribution is 2.59. The van der Waals surface area contributed by atoms with E-state index in [2.05, 4.69) is 5.10 Å². The lowest BCUT2D eigenvalue weighted by Gasteiger charge is -2.38. The number of esters is 1. The van der Waals surface area contributed by atoms with E-state index in [-0.39, 0.29) is 17.6 Å². The molecule has 35 heavy (non-hydrogen) atoms. The van der Waals surface area contributed by atoms with Crippen LogP contribution in [0.4, 0.5) is 11.4 Å². The molecule has 1 spiro atoms. The summed E-state index contributed by atoms with van der Waals surface area (Å²) < 4.78 is 4.20. The molecule has 5 rings (SSSR count). The Morgan fingerprint density at radius 3 is 2.26 bits per heavy atom. The molecule has 0 N–H and O–H groups in total. The van der Waals surface area contributed by atoms with Crippen molar-refractivity contribution in [2.75, 3.05) is 16.5 Å². The number of ether oxygens (including phenoxy) is 1. The molecule has 1 atom stereocenters. The minimum absolute atomic E-state index is 0.157. The molecule has 1 saturated heterocycles. The average molecular weight is 502 g/mol. The van der Waals surface area contributed by atoms with E-state index in [1.165, 1.54) is 23.5 Å². The average Bonchev–Trinajstić information content (AvgIpc) is 3.38. The van der Waals surface area contributed by atoms with Crippen LogP contribution in [0, 0.1) is 6.92 Å². The molecule has 0 bridgehead atoms. The predicted octanol–water partition coefficient (Wildman–Crippen LogP) is 5.86. The van der Waals surface area contributed by atoms with Crippen LogP contribution in [0.1, 0.15) is 18.1 Å². The Bertz CT molecular complexity index is 1310. The lowest BCUT2D eigenvalue weighted by molar-refractivity contribution is -0.134. The van der Waals surface area contributed by atoms with Gasteiger partial charge in [-0.3, -0.25) is 9.69 Å². The first-order chi connectivity index (χ1) is 17.0. The van der Waals surface area contributed by atoms with Crippen LogP contribution in [-0.4, -0.2) is 27.9 Å². The van der Waals surface area contributed by atoms with Gasteiger partial charge in [0.1, 0.15) is 0 Å². The van der Waals surface area contributed by atoms with Crippen molar-refractivity contribution in [1.29, 1.82) is 0 Å². The van der Waals surface area contributed by atoms with Gasteiger partial charge < -0.3 is 4.74 Å². The molecule has 0 unspecified atom stereocenters. The fourth-order valence-corrected chi connectivity index (χ4v) is 6.72. The van der Waals surface area contributed by atoms with Crippen molar-refractivity contribution in [3.8, 4) is 0 Å². The zero-order valence-corrected chi connectivity index (χ0v) is 20.9. The number of carbonyl (C=O) groups excluding carboxylic acids is 2. The molecule has 1 amide bonds. The summed E-state index contributed by atoms with van der Waals surface area (Å²) in [5.74, 6) is -0.664. The Kier molecular flexibility index (Phi) is 6.40. The summed E-state index contributed by atoms with van der Waals surface area (Å²) in [5, 5.41) is 6.65. The molecule has 0 saturated carbocycles. The molecule has 2 heterocycles. The molecule has 1 fully saturated rings. The number of anilines is 2. The van der Waals surface area contributed by atoms with E-state index in [9.17, 15) is 9.59 Å². The first kappa shape index (κ1) is 23.3. The van der Waals surface area contributed by atoms with Gasteiger partial charge in [0.25, 0.3) is 5.91 Å². The molecule has 0 aromatic heterocycles. The van der Waals surface area contributed by atoms with E-state index in [4.69, 9.17) is 4.74 Å². The number of hydrogen-bond acceptors (Lipinski definition) is 7. The standard InChI is InChI=1S/C27H23N3O3S2/c1-3-33-26(32)24-28-30(22-16-14-19(2)15-17-22)27(35-24)29(21-12-8-5-9-13-21)25(31)23(34-27)18-20-10-6-4-7-11-20/h4-18H,3H2,1-2H3/b23-18-/t27-/m0/s1. The van der Waals surface area contributed by atoms with Gasteiger partial charge in [-0.05, 0) is 61.5 Å². The number of aryl methyl sites for hydroxylation is 1. The summed E-state index contributed by atoms with van der Waals surface area (Å²) in [5.41, 5.74) is 3.50. The lowest BCUT2D eigenvalue weighted by atomic mass is 10.2. The van der Waals surface area contributed by atoms with Crippen LogP contribution >= 0.6 is 23.5 Å². The van der Waals surface area contributed by atoms with Crippen molar-refractivity contribution in [3.63, 3.8) is 0 Å². The zero-order chi connectivity index (χ0) is 24.4. The third-order valence-electron chi connectivity index (χ3n) is 5.47. The SMILES string of the molecule is CCOC(=O)C1=NN(c2ccc(C)cc2)[C@]2(S1)S/C(=C\c1ccccc1)C(=O)N2c1ccccc1. The first-order valence-corrected chi connectivity index (χ1v) is 12.8. The van der Waals surface area contributed by atoms with Gasteiger partial charge in [-0.15, -0.1) is 0 Å². The Morgan fingerprint density at radius 2 is 1.60 bits per heavy atom. The number of hydrogen-bond donors (Lipinski definition) is 0. The number of benzene rings is 3. The highest BCUT2D eigenvalue weighted by Gasteiger charge is 2.60. The fraction of sp³-hybridized carbons (Fsp3) is 0.148. The van der Waals surface area contributed by atoms with E-state index in [0.29, 0.717) is 10.6 Å². The summed E-state index contributed by atoms with van der Waals surface area (Å²) in [6.07, 6.45) is 1.88. The van der Waals surface area contributed by atoms with Crippen LogP contribution in [0.2, 0.25) is 0 Å². The largest absolute Gasteiger partial charge is 0.461 e. The second kappa shape index (κ2) is 9.64. The summed E-state index contributed by atoms with van der Waals surface area (Å²) in [6, 6.07) is 27.1. The van der Waals surface area contributed by atoms with Crippen LogP contribution in [0.3, 0.4) is 0 Å². The number of amides is 1. The smallest absolute Gasteiger partial charge is 0.365 e. The van der Waals surface area contributed by atoms with Crippen LogP contribution in [0.15, 0.2) is 94.9 Å². The third kappa shape index (κ3) is 4.35. The zero-order valence-electron chi connectivity index (χ0n) is 19.3. The number of nitrogens with zero attached hydrogens (tertiary/aromatic N) is 3. The fourth-order valence-electron chi connectivity index (χ4n) is 3.85. The molecule has 8 heteroatoms. The van der Waals surface area contributed by atoms with Gasteiger partial charge in [0.05, 0.1) is 17.2 Å². The Hall–Kier alpha value is -3.49. The monoisotopic (exact) mass is 501 g/mol. The molecular weight excluding hydrogens is 478 g/mol. The van der Waals surface area contributed by atoms with E-state index in [1.807, 2.05) is 97.9 Å². The van der Waals surface area contributed by atoms with Crippen molar-refractivity contribution in [2.45, 2.75) is 18.2 Å². The topological polar surface area (TPSA) is 62.2 Å². The summed E-state index contributed by atoms with van der Waals surface area (Å²) in [6.45, 7) is 4.01. The van der Waals surface area contributed by atoms with Crippen molar-refractivity contribution in [2.24, 2.45) is 5.10 Å². The summed E-state index contributed by atoms with van der Waals surface area (Å²) in [4.78, 5) is 29.0. The van der Waals surface area contributed by atoms with Gasteiger partial charge in [0.2, 0.25) is 9.37 Å². The molecule has 6 nitrogen and oxygen atoms in total. The van der Waals surface area contributed by atoms with Crippen molar-refractivity contribution in [1.82, 2.24) is 0 Å². The summed E-state index contributed by atoms with van der Waals surface area (Å²) >= 11 is 2.60. The van der Waals surface area contributed by atoms with Crippen molar-refractivity contribution in [3.05, 3.63) is 101 Å². The van der Waals surface area contributed by atoms with Crippen molar-refractivity contribution >= 4 is 57.9 Å². The number of rotatable bonds is 5. The van der Waals surface area contributed by atoms with Crippen LogP contribution in [-0.2, 0) is 14.3 Å². The summed E-state index contributed by atoms with van der Waals surface area (Å²) in [7, 11) is 0. The molecular formula is C27H23N3O3S2. The van der Waals surface area contributed by atoms with E-state index >= 15 is 0 Å². The van der Waals surface area contributed by atoms with Crippen LogP contribution < -0.4 is 9.91 Å².